The topological polar surface area (TPSA) is 20.3 Å². The summed E-state index contributed by atoms with van der Waals surface area (Å²) < 4.78 is 0. The van der Waals surface area contributed by atoms with E-state index in [-0.39, 0.29) is 5.91 Å². The van der Waals surface area contributed by atoms with Crippen LogP contribution in [0.3, 0.4) is 0 Å². The summed E-state index contributed by atoms with van der Waals surface area (Å²) in [4.78, 5) is 13.8. The number of hydrogen-bond acceptors (Lipinski definition) is 1. The lowest BCUT2D eigenvalue weighted by Gasteiger charge is -2.25. The van der Waals surface area contributed by atoms with Gasteiger partial charge in [0.15, 0.2) is 0 Å². The van der Waals surface area contributed by atoms with Crippen molar-refractivity contribution < 1.29 is 4.79 Å². The van der Waals surface area contributed by atoms with Gasteiger partial charge in [-0.05, 0) is 32.1 Å². The van der Waals surface area contributed by atoms with E-state index < -0.39 is 0 Å². The van der Waals surface area contributed by atoms with Crippen molar-refractivity contribution in [1.29, 1.82) is 0 Å². The van der Waals surface area contributed by atoms with Gasteiger partial charge in [-0.25, -0.2) is 0 Å². The summed E-state index contributed by atoms with van der Waals surface area (Å²) in [6, 6.07) is 0. The predicted octanol–water partition coefficient (Wildman–Crippen LogP) is 6.36. The zero-order valence-corrected chi connectivity index (χ0v) is 16.2. The summed E-state index contributed by atoms with van der Waals surface area (Å²) in [5.74, 6) is 0.142. The Balaban J connectivity index is 2.01. The van der Waals surface area contributed by atoms with E-state index in [1.807, 2.05) is 29.2 Å². The lowest BCUT2D eigenvalue weighted by Crippen LogP contribution is -2.34. The van der Waals surface area contributed by atoms with Crippen LogP contribution in [-0.2, 0) is 4.79 Å². The first kappa shape index (κ1) is 21.5. The molecule has 0 radical (unpaired) electrons. The fraction of sp³-hybridized carbons (Fsp3) is 0.609. The van der Waals surface area contributed by atoms with E-state index in [1.165, 1.54) is 57.8 Å². The van der Waals surface area contributed by atoms with Gasteiger partial charge in [0, 0.05) is 19.2 Å². The van der Waals surface area contributed by atoms with Crippen molar-refractivity contribution in [2.45, 2.75) is 77.6 Å². The van der Waals surface area contributed by atoms with Gasteiger partial charge in [-0.15, -0.1) is 0 Å². The summed E-state index contributed by atoms with van der Waals surface area (Å²) in [6.07, 6.45) is 30.1. The molecule has 0 aromatic rings. The number of amides is 1. The number of unbranched alkanes of at least 4 members (excludes halogenated alkanes) is 7. The van der Waals surface area contributed by atoms with Crippen LogP contribution in [0.4, 0.5) is 0 Å². The third-order valence-corrected chi connectivity index (χ3v) is 4.57. The molecule has 1 heterocycles. The predicted molar refractivity (Wildman–Crippen MR) is 110 cm³/mol. The average Bonchev–Trinajstić information content (AvgIpc) is 2.65. The number of nitrogens with zero attached hydrogens (tertiary/aromatic N) is 1. The highest BCUT2D eigenvalue weighted by atomic mass is 16.2. The third-order valence-electron chi connectivity index (χ3n) is 4.57. The normalized spacial score (nSPS) is 16.1. The van der Waals surface area contributed by atoms with Gasteiger partial charge in [0.05, 0.1) is 0 Å². The molecule has 25 heavy (non-hydrogen) atoms. The zero-order valence-electron chi connectivity index (χ0n) is 16.2. The molecule has 2 nitrogen and oxygen atoms in total. The first-order valence-electron chi connectivity index (χ1n) is 10.3. The van der Waals surface area contributed by atoms with Crippen LogP contribution in [0.2, 0.25) is 0 Å². The standard InChI is InChI=1S/C23H37NO/c1-2-3-4-5-6-7-8-9-10-11-12-13-14-15-17-20-23(25)24-21-18-16-19-22-24/h10-15,17,20H,2-9,16,18-19,21-22H2,1H3. The van der Waals surface area contributed by atoms with Gasteiger partial charge >= 0.3 is 0 Å². The molecule has 1 fully saturated rings. The first-order chi connectivity index (χ1) is 12.3. The lowest BCUT2D eigenvalue weighted by atomic mass is 10.1. The molecule has 1 rings (SSSR count). The molecule has 1 aliphatic heterocycles. The highest BCUT2D eigenvalue weighted by Crippen LogP contribution is 2.09. The molecule has 0 bridgehead atoms. The summed E-state index contributed by atoms with van der Waals surface area (Å²) in [6.45, 7) is 4.09. The van der Waals surface area contributed by atoms with Crippen LogP contribution in [0.5, 0.6) is 0 Å². The molecule has 0 unspecified atom stereocenters. The van der Waals surface area contributed by atoms with Crippen LogP contribution >= 0.6 is 0 Å². The number of hydrogen-bond donors (Lipinski definition) is 0. The second-order valence-corrected chi connectivity index (χ2v) is 6.85. The number of likely N-dealkylation sites (tertiary alicyclic amines) is 1. The molecule has 1 saturated heterocycles. The average molecular weight is 344 g/mol. The molecule has 0 spiro atoms. The van der Waals surface area contributed by atoms with Gasteiger partial charge in [0.1, 0.15) is 0 Å². The Kier molecular flexibility index (Phi) is 13.7. The zero-order chi connectivity index (χ0) is 18.0. The summed E-state index contributed by atoms with van der Waals surface area (Å²) >= 11 is 0. The van der Waals surface area contributed by atoms with Crippen molar-refractivity contribution in [2.24, 2.45) is 0 Å². The molecule has 0 aliphatic carbocycles. The maximum atomic E-state index is 11.9. The Morgan fingerprint density at radius 1 is 0.760 bits per heavy atom. The molecular formula is C23H37NO. The minimum absolute atomic E-state index is 0.142. The second-order valence-electron chi connectivity index (χ2n) is 6.85. The molecular weight excluding hydrogens is 306 g/mol. The minimum atomic E-state index is 0.142. The van der Waals surface area contributed by atoms with E-state index in [0.29, 0.717) is 0 Å². The monoisotopic (exact) mass is 343 g/mol. The van der Waals surface area contributed by atoms with Crippen molar-refractivity contribution >= 4 is 5.91 Å². The smallest absolute Gasteiger partial charge is 0.246 e. The highest BCUT2D eigenvalue weighted by molar-refractivity contribution is 5.87. The number of carbonyl (C=O) groups is 1. The van der Waals surface area contributed by atoms with E-state index in [9.17, 15) is 4.79 Å². The molecule has 140 valence electrons. The SMILES string of the molecule is CCCCCCCCCC=CC=CC=CC=CC(=O)N1CCCCC1. The van der Waals surface area contributed by atoms with Gasteiger partial charge in [-0.2, -0.15) is 0 Å². The van der Waals surface area contributed by atoms with Gasteiger partial charge in [0.25, 0.3) is 0 Å². The Labute approximate surface area is 155 Å². The molecule has 2 heteroatoms. The van der Waals surface area contributed by atoms with E-state index >= 15 is 0 Å². The summed E-state index contributed by atoms with van der Waals surface area (Å²) in [5.41, 5.74) is 0. The molecule has 1 amide bonds. The van der Waals surface area contributed by atoms with Crippen LogP contribution in [0.25, 0.3) is 0 Å². The molecule has 0 atom stereocenters. The van der Waals surface area contributed by atoms with Crippen LogP contribution in [0.15, 0.2) is 48.6 Å². The van der Waals surface area contributed by atoms with Gasteiger partial charge in [-0.3, -0.25) is 4.79 Å². The Morgan fingerprint density at radius 2 is 1.36 bits per heavy atom. The Morgan fingerprint density at radius 3 is 2.08 bits per heavy atom. The Bertz CT molecular complexity index is 439. The Hall–Kier alpha value is -1.57. The number of carbonyl (C=O) groups excluding carboxylic acids is 1. The highest BCUT2D eigenvalue weighted by Gasteiger charge is 2.12. The lowest BCUT2D eigenvalue weighted by molar-refractivity contribution is -0.126. The van der Waals surface area contributed by atoms with Crippen molar-refractivity contribution in [1.82, 2.24) is 4.90 Å². The molecule has 1 aliphatic rings. The van der Waals surface area contributed by atoms with Gasteiger partial charge in [-0.1, -0.05) is 88.0 Å². The fourth-order valence-corrected chi connectivity index (χ4v) is 3.01. The molecule has 0 N–H and O–H groups in total. The molecule has 0 aromatic carbocycles. The first-order valence-corrected chi connectivity index (χ1v) is 10.3. The van der Waals surface area contributed by atoms with Crippen molar-refractivity contribution in [3.05, 3.63) is 48.6 Å². The van der Waals surface area contributed by atoms with Crippen LogP contribution in [0.1, 0.15) is 77.6 Å². The second kappa shape index (κ2) is 15.9. The summed E-state index contributed by atoms with van der Waals surface area (Å²) in [7, 11) is 0. The maximum absolute atomic E-state index is 11.9. The van der Waals surface area contributed by atoms with E-state index in [4.69, 9.17) is 0 Å². The van der Waals surface area contributed by atoms with Crippen LogP contribution < -0.4 is 0 Å². The van der Waals surface area contributed by atoms with Gasteiger partial charge in [0.2, 0.25) is 5.91 Å². The van der Waals surface area contributed by atoms with Crippen molar-refractivity contribution in [3.63, 3.8) is 0 Å². The van der Waals surface area contributed by atoms with E-state index in [1.54, 1.807) is 6.08 Å². The van der Waals surface area contributed by atoms with Gasteiger partial charge < -0.3 is 4.90 Å². The van der Waals surface area contributed by atoms with E-state index in [2.05, 4.69) is 25.2 Å². The summed E-state index contributed by atoms with van der Waals surface area (Å²) in [5, 5.41) is 0. The molecule has 0 saturated carbocycles. The number of rotatable bonds is 12. The third kappa shape index (κ3) is 12.4. The quantitative estimate of drug-likeness (QED) is 0.229. The van der Waals surface area contributed by atoms with Crippen molar-refractivity contribution in [3.8, 4) is 0 Å². The number of piperidine rings is 1. The largest absolute Gasteiger partial charge is 0.339 e. The minimum Gasteiger partial charge on any atom is -0.339 e. The van der Waals surface area contributed by atoms with Crippen LogP contribution in [-0.4, -0.2) is 23.9 Å². The fourth-order valence-electron chi connectivity index (χ4n) is 3.01. The number of allylic oxidation sites excluding steroid dienone is 7. The van der Waals surface area contributed by atoms with Crippen molar-refractivity contribution in [2.75, 3.05) is 13.1 Å². The molecule has 0 aromatic heterocycles. The van der Waals surface area contributed by atoms with E-state index in [0.717, 1.165) is 25.9 Å². The maximum Gasteiger partial charge on any atom is 0.246 e. The van der Waals surface area contributed by atoms with Crippen LogP contribution in [0, 0.1) is 0 Å².